The molecule has 7 heteroatoms. The summed E-state index contributed by atoms with van der Waals surface area (Å²) < 4.78 is 23.8. The molecular formula is C18H20N2O4S. The summed E-state index contributed by atoms with van der Waals surface area (Å²) in [6.07, 6.45) is 2.84. The van der Waals surface area contributed by atoms with E-state index in [2.05, 4.69) is 12.1 Å². The molecule has 25 heavy (non-hydrogen) atoms. The molecule has 0 amide bonds. The Morgan fingerprint density at radius 1 is 1.16 bits per heavy atom. The fourth-order valence-electron chi connectivity index (χ4n) is 3.41. The van der Waals surface area contributed by atoms with Crippen molar-refractivity contribution in [3.8, 4) is 0 Å². The number of nitro benzene ring substituents is 1. The van der Waals surface area contributed by atoms with Crippen LogP contribution in [0.4, 0.5) is 11.4 Å². The second-order valence-electron chi connectivity index (χ2n) is 6.44. The molecule has 0 saturated carbocycles. The molecule has 2 aromatic rings. The standard InChI is InChI=1S/C18H20N2O4S/c1-25(23,24)17-9-5-8-16(18(17)20(21)22)19-11-10-15(13-19)12-14-6-3-2-4-7-14/h2-9,15H,10-13H2,1H3. The summed E-state index contributed by atoms with van der Waals surface area (Å²) in [5.74, 6) is 0.392. The Balaban J connectivity index is 1.87. The number of para-hydroxylation sites is 1. The highest BCUT2D eigenvalue weighted by molar-refractivity contribution is 7.90. The Morgan fingerprint density at radius 3 is 2.52 bits per heavy atom. The summed E-state index contributed by atoms with van der Waals surface area (Å²) in [4.78, 5) is 12.7. The van der Waals surface area contributed by atoms with Gasteiger partial charge < -0.3 is 4.90 Å². The number of nitro groups is 1. The predicted molar refractivity (Wildman–Crippen MR) is 96.7 cm³/mol. The minimum Gasteiger partial charge on any atom is -0.366 e. The zero-order valence-electron chi connectivity index (χ0n) is 14.0. The molecule has 0 bridgehead atoms. The van der Waals surface area contributed by atoms with Gasteiger partial charge in [0.1, 0.15) is 10.6 Å². The summed E-state index contributed by atoms with van der Waals surface area (Å²) in [5.41, 5.74) is 1.32. The predicted octanol–water partition coefficient (Wildman–Crippen LogP) is 3.07. The molecule has 0 aromatic heterocycles. The normalized spacial score (nSPS) is 17.6. The number of sulfone groups is 1. The van der Waals surface area contributed by atoms with Crippen LogP contribution in [-0.2, 0) is 16.3 Å². The zero-order valence-corrected chi connectivity index (χ0v) is 14.8. The fourth-order valence-corrected chi connectivity index (χ4v) is 4.27. The topological polar surface area (TPSA) is 80.5 Å². The van der Waals surface area contributed by atoms with Crippen LogP contribution in [0.2, 0.25) is 0 Å². The number of nitrogens with zero attached hydrogens (tertiary/aromatic N) is 2. The van der Waals surface area contributed by atoms with E-state index < -0.39 is 14.8 Å². The first-order valence-electron chi connectivity index (χ1n) is 8.12. The maximum atomic E-state index is 11.9. The van der Waals surface area contributed by atoms with Crippen molar-refractivity contribution in [2.24, 2.45) is 5.92 Å². The van der Waals surface area contributed by atoms with Crippen molar-refractivity contribution in [1.82, 2.24) is 0 Å². The van der Waals surface area contributed by atoms with Crippen LogP contribution in [0.3, 0.4) is 0 Å². The fraction of sp³-hybridized carbons (Fsp3) is 0.333. The van der Waals surface area contributed by atoms with Gasteiger partial charge in [0.15, 0.2) is 9.84 Å². The molecular weight excluding hydrogens is 340 g/mol. The lowest BCUT2D eigenvalue weighted by Gasteiger charge is -2.19. The average Bonchev–Trinajstić information content (AvgIpc) is 3.02. The Morgan fingerprint density at radius 2 is 1.88 bits per heavy atom. The third-order valence-corrected chi connectivity index (χ3v) is 5.68. The third-order valence-electron chi connectivity index (χ3n) is 4.55. The molecule has 1 unspecified atom stereocenters. The summed E-state index contributed by atoms with van der Waals surface area (Å²) in [7, 11) is -3.66. The van der Waals surface area contributed by atoms with Crippen molar-refractivity contribution in [2.45, 2.75) is 17.7 Å². The SMILES string of the molecule is CS(=O)(=O)c1cccc(N2CCC(Cc3ccccc3)C2)c1[N+](=O)[O-]. The Labute approximate surface area is 147 Å². The molecule has 0 aliphatic carbocycles. The van der Waals surface area contributed by atoms with E-state index in [9.17, 15) is 18.5 Å². The van der Waals surface area contributed by atoms with Crippen LogP contribution in [0.15, 0.2) is 53.4 Å². The number of hydrogen-bond acceptors (Lipinski definition) is 5. The quantitative estimate of drug-likeness (QED) is 0.605. The summed E-state index contributed by atoms with van der Waals surface area (Å²) in [6, 6.07) is 14.6. The maximum Gasteiger partial charge on any atom is 0.311 e. The molecule has 0 spiro atoms. The van der Waals surface area contributed by atoms with Gasteiger partial charge in [-0.2, -0.15) is 0 Å². The highest BCUT2D eigenvalue weighted by Crippen LogP contribution is 2.37. The monoisotopic (exact) mass is 360 g/mol. The van der Waals surface area contributed by atoms with Gasteiger partial charge in [-0.05, 0) is 36.5 Å². The molecule has 1 aliphatic heterocycles. The average molecular weight is 360 g/mol. The summed E-state index contributed by atoms with van der Waals surface area (Å²) in [5, 5.41) is 11.5. The van der Waals surface area contributed by atoms with E-state index in [1.807, 2.05) is 23.1 Å². The number of rotatable bonds is 5. The smallest absolute Gasteiger partial charge is 0.311 e. The van der Waals surface area contributed by atoms with E-state index in [0.717, 1.165) is 19.1 Å². The number of benzene rings is 2. The largest absolute Gasteiger partial charge is 0.366 e. The third kappa shape index (κ3) is 3.82. The van der Waals surface area contributed by atoms with E-state index in [1.54, 1.807) is 12.1 Å². The van der Waals surface area contributed by atoms with Gasteiger partial charge in [-0.1, -0.05) is 36.4 Å². The Hall–Kier alpha value is -2.41. The van der Waals surface area contributed by atoms with Gasteiger partial charge in [-0.15, -0.1) is 0 Å². The van der Waals surface area contributed by atoms with Crippen molar-refractivity contribution in [3.63, 3.8) is 0 Å². The van der Waals surface area contributed by atoms with Gasteiger partial charge >= 0.3 is 5.69 Å². The molecule has 132 valence electrons. The first-order chi connectivity index (χ1) is 11.9. The van der Waals surface area contributed by atoms with Crippen LogP contribution in [-0.4, -0.2) is 32.7 Å². The zero-order chi connectivity index (χ0) is 18.0. The van der Waals surface area contributed by atoms with Crippen LogP contribution >= 0.6 is 0 Å². The lowest BCUT2D eigenvalue weighted by molar-refractivity contribution is -0.387. The van der Waals surface area contributed by atoms with Crippen LogP contribution in [0.5, 0.6) is 0 Å². The highest BCUT2D eigenvalue weighted by atomic mass is 32.2. The second kappa shape index (κ2) is 6.84. The Bertz CT molecular complexity index is 881. The van der Waals surface area contributed by atoms with Gasteiger partial charge in [0, 0.05) is 19.3 Å². The van der Waals surface area contributed by atoms with Crippen LogP contribution < -0.4 is 4.90 Å². The van der Waals surface area contributed by atoms with Crippen LogP contribution in [0.1, 0.15) is 12.0 Å². The molecule has 0 radical (unpaired) electrons. The Kier molecular flexibility index (Phi) is 4.76. The first-order valence-corrected chi connectivity index (χ1v) is 10.0. The lowest BCUT2D eigenvalue weighted by Crippen LogP contribution is -2.22. The van der Waals surface area contributed by atoms with Gasteiger partial charge in [0.2, 0.25) is 0 Å². The van der Waals surface area contributed by atoms with E-state index in [-0.39, 0.29) is 10.6 Å². The minimum atomic E-state index is -3.66. The molecule has 2 aromatic carbocycles. The number of anilines is 1. The first kappa shape index (κ1) is 17.4. The molecule has 1 fully saturated rings. The van der Waals surface area contributed by atoms with E-state index in [1.165, 1.54) is 11.6 Å². The summed E-state index contributed by atoms with van der Waals surface area (Å²) >= 11 is 0. The van der Waals surface area contributed by atoms with Crippen molar-refractivity contribution in [2.75, 3.05) is 24.2 Å². The molecule has 1 aliphatic rings. The van der Waals surface area contributed by atoms with Crippen LogP contribution in [0, 0.1) is 16.0 Å². The van der Waals surface area contributed by atoms with Gasteiger partial charge in [-0.25, -0.2) is 8.42 Å². The van der Waals surface area contributed by atoms with E-state index in [0.29, 0.717) is 24.7 Å². The molecule has 0 N–H and O–H groups in total. The molecule has 1 heterocycles. The summed E-state index contributed by atoms with van der Waals surface area (Å²) in [6.45, 7) is 1.37. The van der Waals surface area contributed by atoms with Gasteiger partial charge in [0.05, 0.1) is 4.92 Å². The van der Waals surface area contributed by atoms with E-state index in [4.69, 9.17) is 0 Å². The highest BCUT2D eigenvalue weighted by Gasteiger charge is 2.32. The molecule has 3 rings (SSSR count). The minimum absolute atomic E-state index is 0.221. The van der Waals surface area contributed by atoms with Crippen LogP contribution in [0.25, 0.3) is 0 Å². The van der Waals surface area contributed by atoms with Crippen molar-refractivity contribution in [1.29, 1.82) is 0 Å². The van der Waals surface area contributed by atoms with Crippen molar-refractivity contribution in [3.05, 3.63) is 64.2 Å². The van der Waals surface area contributed by atoms with E-state index >= 15 is 0 Å². The van der Waals surface area contributed by atoms with Gasteiger partial charge in [0.25, 0.3) is 0 Å². The van der Waals surface area contributed by atoms with Gasteiger partial charge in [-0.3, -0.25) is 10.1 Å². The second-order valence-corrected chi connectivity index (χ2v) is 8.43. The molecule has 1 atom stereocenters. The molecule has 6 nitrogen and oxygen atoms in total. The lowest BCUT2D eigenvalue weighted by atomic mass is 9.99. The molecule has 1 saturated heterocycles. The number of hydrogen-bond donors (Lipinski definition) is 0. The maximum absolute atomic E-state index is 11.9. The van der Waals surface area contributed by atoms with Crippen molar-refractivity contribution < 1.29 is 13.3 Å². The van der Waals surface area contributed by atoms with Crippen molar-refractivity contribution >= 4 is 21.2 Å².